The highest BCUT2D eigenvalue weighted by molar-refractivity contribution is 6.32. The van der Waals surface area contributed by atoms with Gasteiger partial charge < -0.3 is 24.3 Å². The fraction of sp³-hybridized carbons (Fsp3) is 0.391. The van der Waals surface area contributed by atoms with Crippen molar-refractivity contribution < 1.29 is 28.5 Å². The summed E-state index contributed by atoms with van der Waals surface area (Å²) in [4.78, 5) is 24.6. The van der Waals surface area contributed by atoms with Gasteiger partial charge in [0.05, 0.1) is 24.8 Å². The first-order valence-corrected chi connectivity index (χ1v) is 10.8. The fourth-order valence-electron chi connectivity index (χ4n) is 2.67. The van der Waals surface area contributed by atoms with Gasteiger partial charge in [0.25, 0.3) is 5.91 Å². The van der Waals surface area contributed by atoms with Gasteiger partial charge in [0.2, 0.25) is 0 Å². The van der Waals surface area contributed by atoms with E-state index >= 15 is 0 Å². The lowest BCUT2D eigenvalue weighted by molar-refractivity contribution is 0.102. The van der Waals surface area contributed by atoms with Crippen molar-refractivity contribution in [3.8, 4) is 11.5 Å². The van der Waals surface area contributed by atoms with Crippen molar-refractivity contribution in [1.82, 2.24) is 0 Å². The number of carbonyl (C=O) groups is 2. The van der Waals surface area contributed by atoms with E-state index in [0.29, 0.717) is 53.3 Å². The molecule has 0 atom stereocenters. The molecule has 0 aliphatic heterocycles. The van der Waals surface area contributed by atoms with Gasteiger partial charge >= 0.3 is 6.09 Å². The van der Waals surface area contributed by atoms with Crippen molar-refractivity contribution in [3.63, 3.8) is 0 Å². The van der Waals surface area contributed by atoms with E-state index in [1.807, 2.05) is 6.92 Å². The van der Waals surface area contributed by atoms with Gasteiger partial charge in [0.15, 0.2) is 11.5 Å². The van der Waals surface area contributed by atoms with Crippen LogP contribution < -0.4 is 20.1 Å². The number of hydrogen-bond acceptors (Lipinski definition) is 6. The molecule has 0 aliphatic rings. The van der Waals surface area contributed by atoms with E-state index in [-0.39, 0.29) is 12.5 Å². The largest absolute Gasteiger partial charge is 0.490 e. The number of rotatable bonds is 12. The second kappa shape index (κ2) is 13.4. The summed E-state index contributed by atoms with van der Waals surface area (Å²) in [7, 11) is 1.52. The third-order valence-corrected chi connectivity index (χ3v) is 4.48. The Morgan fingerprint density at radius 2 is 1.72 bits per heavy atom. The molecule has 2 aromatic carbocycles. The van der Waals surface area contributed by atoms with Crippen LogP contribution in [0.15, 0.2) is 36.4 Å². The Morgan fingerprint density at radius 1 is 0.969 bits per heavy atom. The van der Waals surface area contributed by atoms with Gasteiger partial charge in [-0.1, -0.05) is 31.0 Å². The number of amides is 2. The number of ether oxygens (including phenoxy) is 4. The van der Waals surface area contributed by atoms with E-state index in [1.165, 1.54) is 13.2 Å². The maximum atomic E-state index is 12.8. The van der Waals surface area contributed by atoms with Gasteiger partial charge in [0, 0.05) is 24.0 Å². The van der Waals surface area contributed by atoms with Crippen LogP contribution in [0, 0.1) is 0 Å². The Morgan fingerprint density at radius 3 is 2.41 bits per heavy atom. The van der Waals surface area contributed by atoms with Crippen molar-refractivity contribution in [1.29, 1.82) is 0 Å². The van der Waals surface area contributed by atoms with Gasteiger partial charge in [-0.25, -0.2) is 4.79 Å². The maximum Gasteiger partial charge on any atom is 0.411 e. The number of anilines is 2. The fourth-order valence-corrected chi connectivity index (χ4v) is 2.94. The standard InChI is InChI=1S/C23H29ClN2O6/c1-4-6-10-31-21-19(24)13-16(14-20(21)30-5-2)22(27)25-17-8-7-9-18(15-17)26-23(28)32-12-11-29-3/h7-9,13-15H,4-6,10-12H2,1-3H3,(H,25,27)(H,26,28). The van der Waals surface area contributed by atoms with Crippen molar-refractivity contribution >= 4 is 35.0 Å². The molecule has 174 valence electrons. The monoisotopic (exact) mass is 464 g/mol. The van der Waals surface area contributed by atoms with E-state index in [1.54, 1.807) is 30.3 Å². The van der Waals surface area contributed by atoms with Crippen LogP contribution in [0.3, 0.4) is 0 Å². The summed E-state index contributed by atoms with van der Waals surface area (Å²) in [6.45, 7) is 5.26. The SMILES string of the molecule is CCCCOc1c(Cl)cc(C(=O)Nc2cccc(NC(=O)OCCOC)c2)cc1OCC. The highest BCUT2D eigenvalue weighted by atomic mass is 35.5. The molecule has 9 heteroatoms. The van der Waals surface area contributed by atoms with Crippen LogP contribution in [-0.4, -0.2) is 45.5 Å². The van der Waals surface area contributed by atoms with Crippen LogP contribution in [0.5, 0.6) is 11.5 Å². The zero-order chi connectivity index (χ0) is 23.3. The summed E-state index contributed by atoms with van der Waals surface area (Å²) >= 11 is 6.38. The Labute approximate surface area is 193 Å². The van der Waals surface area contributed by atoms with Crippen molar-refractivity contribution in [3.05, 3.63) is 47.0 Å². The van der Waals surface area contributed by atoms with Crippen LogP contribution in [-0.2, 0) is 9.47 Å². The van der Waals surface area contributed by atoms with E-state index in [9.17, 15) is 9.59 Å². The number of halogens is 1. The highest BCUT2D eigenvalue weighted by Crippen LogP contribution is 2.37. The van der Waals surface area contributed by atoms with Gasteiger partial charge in [0.1, 0.15) is 6.61 Å². The molecule has 0 bridgehead atoms. The Hall–Kier alpha value is -2.97. The van der Waals surface area contributed by atoms with Crippen molar-refractivity contribution in [2.45, 2.75) is 26.7 Å². The molecule has 0 saturated heterocycles. The zero-order valence-corrected chi connectivity index (χ0v) is 19.3. The minimum atomic E-state index is -0.614. The normalized spacial score (nSPS) is 10.4. The molecule has 8 nitrogen and oxygen atoms in total. The Kier molecular flexibility index (Phi) is 10.6. The van der Waals surface area contributed by atoms with Crippen LogP contribution >= 0.6 is 11.6 Å². The van der Waals surface area contributed by atoms with Gasteiger partial charge in [-0.05, 0) is 43.7 Å². The van der Waals surface area contributed by atoms with Gasteiger partial charge in [-0.2, -0.15) is 0 Å². The first-order valence-electron chi connectivity index (χ1n) is 10.4. The quantitative estimate of drug-likeness (QED) is 0.410. The minimum Gasteiger partial charge on any atom is -0.490 e. The molecule has 0 heterocycles. The van der Waals surface area contributed by atoms with E-state index in [2.05, 4.69) is 17.6 Å². The molecular formula is C23H29ClN2O6. The molecule has 0 fully saturated rings. The minimum absolute atomic E-state index is 0.139. The number of carbonyl (C=O) groups excluding carboxylic acids is 2. The van der Waals surface area contributed by atoms with Gasteiger partial charge in [-0.3, -0.25) is 10.1 Å². The molecule has 0 aliphatic carbocycles. The first-order chi connectivity index (χ1) is 15.5. The molecule has 2 amide bonds. The summed E-state index contributed by atoms with van der Waals surface area (Å²) in [6, 6.07) is 9.83. The van der Waals surface area contributed by atoms with Crippen LogP contribution in [0.4, 0.5) is 16.2 Å². The first kappa shape index (κ1) is 25.3. The highest BCUT2D eigenvalue weighted by Gasteiger charge is 2.17. The third-order valence-electron chi connectivity index (χ3n) is 4.20. The smallest absolute Gasteiger partial charge is 0.411 e. The molecule has 0 aromatic heterocycles. The average molecular weight is 465 g/mol. The molecule has 0 unspecified atom stereocenters. The summed E-state index contributed by atoms with van der Waals surface area (Å²) in [6.07, 6.45) is 1.26. The number of nitrogens with one attached hydrogen (secondary N) is 2. The number of unbranched alkanes of at least 4 members (excludes halogenated alkanes) is 1. The second-order valence-electron chi connectivity index (χ2n) is 6.71. The number of methoxy groups -OCH3 is 1. The topological polar surface area (TPSA) is 95.1 Å². The maximum absolute atomic E-state index is 12.8. The summed E-state index contributed by atoms with van der Waals surface area (Å²) in [5.74, 6) is 0.458. The van der Waals surface area contributed by atoms with Crippen LogP contribution in [0.25, 0.3) is 0 Å². The summed E-state index contributed by atoms with van der Waals surface area (Å²) in [5.41, 5.74) is 1.28. The third kappa shape index (κ3) is 7.94. The lowest BCUT2D eigenvalue weighted by atomic mass is 10.1. The summed E-state index contributed by atoms with van der Waals surface area (Å²) < 4.78 is 21.2. The molecular weight excluding hydrogens is 436 g/mol. The molecule has 0 saturated carbocycles. The molecule has 2 rings (SSSR count). The number of hydrogen-bond donors (Lipinski definition) is 2. The van der Waals surface area contributed by atoms with E-state index in [0.717, 1.165) is 12.8 Å². The van der Waals surface area contributed by atoms with Crippen molar-refractivity contribution in [2.75, 3.05) is 44.2 Å². The lowest BCUT2D eigenvalue weighted by Crippen LogP contribution is -2.17. The lowest BCUT2D eigenvalue weighted by Gasteiger charge is -2.15. The molecule has 0 radical (unpaired) electrons. The summed E-state index contributed by atoms with van der Waals surface area (Å²) in [5, 5.41) is 5.68. The molecule has 32 heavy (non-hydrogen) atoms. The second-order valence-corrected chi connectivity index (χ2v) is 7.12. The Bertz CT molecular complexity index is 906. The average Bonchev–Trinajstić information content (AvgIpc) is 2.76. The molecule has 0 spiro atoms. The van der Waals surface area contributed by atoms with E-state index < -0.39 is 6.09 Å². The molecule has 2 aromatic rings. The van der Waals surface area contributed by atoms with Gasteiger partial charge in [-0.15, -0.1) is 0 Å². The number of benzene rings is 2. The zero-order valence-electron chi connectivity index (χ0n) is 18.5. The van der Waals surface area contributed by atoms with Crippen molar-refractivity contribution in [2.24, 2.45) is 0 Å². The van der Waals surface area contributed by atoms with E-state index in [4.69, 9.17) is 30.5 Å². The van der Waals surface area contributed by atoms with Crippen LogP contribution in [0.2, 0.25) is 5.02 Å². The molecule has 2 N–H and O–H groups in total. The van der Waals surface area contributed by atoms with Crippen LogP contribution in [0.1, 0.15) is 37.0 Å². The Balaban J connectivity index is 2.10. The predicted molar refractivity (Wildman–Crippen MR) is 124 cm³/mol. The predicted octanol–water partition coefficient (Wildman–Crippen LogP) is 5.36.